The van der Waals surface area contributed by atoms with E-state index in [4.69, 9.17) is 0 Å². The molecule has 0 spiro atoms. The van der Waals surface area contributed by atoms with Crippen LogP contribution in [0.4, 0.5) is 0 Å². The van der Waals surface area contributed by atoms with Gasteiger partial charge in [-0.1, -0.05) is 6.42 Å². The van der Waals surface area contributed by atoms with E-state index in [9.17, 15) is 0 Å². The number of fused-ring (bicyclic) bond motifs is 1. The summed E-state index contributed by atoms with van der Waals surface area (Å²) in [5.74, 6) is 0.935. The van der Waals surface area contributed by atoms with Crippen LogP contribution in [-0.4, -0.2) is 47.9 Å². The topological polar surface area (TPSA) is 6.48 Å². The van der Waals surface area contributed by atoms with E-state index in [2.05, 4.69) is 22.4 Å². The maximum absolute atomic E-state index is 4.33. The van der Waals surface area contributed by atoms with E-state index in [1.54, 1.807) is 0 Å². The summed E-state index contributed by atoms with van der Waals surface area (Å²) in [5, 5.41) is 0. The largest absolute Gasteiger partial charge is 0.298 e. The molecule has 2 saturated heterocycles. The second-order valence-electron chi connectivity index (χ2n) is 3.90. The molecule has 2 nitrogen and oxygen atoms in total. The lowest BCUT2D eigenvalue weighted by Crippen LogP contribution is -2.54. The van der Waals surface area contributed by atoms with Gasteiger partial charge in [0.1, 0.15) is 0 Å². The molecule has 1 atom stereocenters. The molecule has 0 amide bonds. The molecule has 0 saturated carbocycles. The summed E-state index contributed by atoms with van der Waals surface area (Å²) in [7, 11) is 0. The number of rotatable bonds is 1. The Morgan fingerprint density at radius 2 is 2.08 bits per heavy atom. The van der Waals surface area contributed by atoms with Crippen LogP contribution in [0.3, 0.4) is 0 Å². The summed E-state index contributed by atoms with van der Waals surface area (Å²) in [6.07, 6.45) is 4.25. The van der Waals surface area contributed by atoms with Crippen LogP contribution in [0.25, 0.3) is 0 Å². The highest BCUT2D eigenvalue weighted by molar-refractivity contribution is 7.80. The normalized spacial score (nSPS) is 33.2. The molecule has 3 heteroatoms. The smallest absolute Gasteiger partial charge is 0.0415 e. The minimum atomic E-state index is 0.847. The lowest BCUT2D eigenvalue weighted by Gasteiger charge is -2.43. The maximum atomic E-state index is 4.33. The molecular weight excluding hydrogens is 168 g/mol. The zero-order valence-corrected chi connectivity index (χ0v) is 8.47. The standard InChI is InChI=1S/C9H18N2S/c12-8-10-5-6-11-4-2-1-3-9(11)7-10/h9,12H,1-8H2. The van der Waals surface area contributed by atoms with Crippen molar-refractivity contribution in [1.29, 1.82) is 0 Å². The summed E-state index contributed by atoms with van der Waals surface area (Å²) in [6.45, 7) is 5.08. The van der Waals surface area contributed by atoms with E-state index in [1.165, 1.54) is 45.4 Å². The zero-order chi connectivity index (χ0) is 8.39. The minimum absolute atomic E-state index is 0.847. The molecule has 2 fully saturated rings. The van der Waals surface area contributed by atoms with Crippen LogP contribution in [0, 0.1) is 0 Å². The molecule has 70 valence electrons. The van der Waals surface area contributed by atoms with Crippen LogP contribution in [0.5, 0.6) is 0 Å². The summed E-state index contributed by atoms with van der Waals surface area (Å²) in [6, 6.07) is 0.847. The van der Waals surface area contributed by atoms with Gasteiger partial charge in [0, 0.05) is 31.6 Å². The van der Waals surface area contributed by atoms with Crippen molar-refractivity contribution in [3.63, 3.8) is 0 Å². The average Bonchev–Trinajstić information content (AvgIpc) is 2.17. The van der Waals surface area contributed by atoms with Crippen LogP contribution < -0.4 is 0 Å². The van der Waals surface area contributed by atoms with Gasteiger partial charge in [0.2, 0.25) is 0 Å². The van der Waals surface area contributed by atoms with E-state index in [1.807, 2.05) is 0 Å². The summed E-state index contributed by atoms with van der Waals surface area (Å²) < 4.78 is 0. The first-order valence-electron chi connectivity index (χ1n) is 4.97. The quantitative estimate of drug-likeness (QED) is 0.611. The Labute approximate surface area is 80.3 Å². The maximum Gasteiger partial charge on any atom is 0.0415 e. The Morgan fingerprint density at radius 1 is 1.17 bits per heavy atom. The van der Waals surface area contributed by atoms with Crippen LogP contribution in [-0.2, 0) is 0 Å². The van der Waals surface area contributed by atoms with Crippen LogP contribution in [0.1, 0.15) is 19.3 Å². The van der Waals surface area contributed by atoms with Gasteiger partial charge in [0.25, 0.3) is 0 Å². The number of piperidine rings is 1. The molecule has 0 aromatic carbocycles. The molecule has 12 heavy (non-hydrogen) atoms. The highest BCUT2D eigenvalue weighted by atomic mass is 32.1. The Bertz CT molecular complexity index is 151. The fourth-order valence-corrected chi connectivity index (χ4v) is 2.61. The van der Waals surface area contributed by atoms with Gasteiger partial charge in [0.15, 0.2) is 0 Å². The number of hydrogen-bond acceptors (Lipinski definition) is 3. The van der Waals surface area contributed by atoms with Gasteiger partial charge in [0.05, 0.1) is 0 Å². The fourth-order valence-electron chi connectivity index (χ4n) is 2.35. The first-order chi connectivity index (χ1) is 5.90. The van der Waals surface area contributed by atoms with Gasteiger partial charge >= 0.3 is 0 Å². The molecule has 2 aliphatic heterocycles. The van der Waals surface area contributed by atoms with E-state index >= 15 is 0 Å². The van der Waals surface area contributed by atoms with Gasteiger partial charge in [-0.15, -0.1) is 0 Å². The molecule has 2 rings (SSSR count). The van der Waals surface area contributed by atoms with Crippen molar-refractivity contribution in [2.75, 3.05) is 32.1 Å². The first-order valence-corrected chi connectivity index (χ1v) is 5.60. The first kappa shape index (κ1) is 8.85. The third kappa shape index (κ3) is 1.78. The Balaban J connectivity index is 1.90. The molecule has 2 aliphatic rings. The molecule has 2 heterocycles. The fraction of sp³-hybridized carbons (Fsp3) is 1.00. The lowest BCUT2D eigenvalue weighted by atomic mass is 10.00. The molecule has 0 N–H and O–H groups in total. The van der Waals surface area contributed by atoms with Crippen LogP contribution in [0.2, 0.25) is 0 Å². The molecule has 0 aromatic rings. The second kappa shape index (κ2) is 3.99. The van der Waals surface area contributed by atoms with Crippen LogP contribution >= 0.6 is 12.6 Å². The number of hydrogen-bond donors (Lipinski definition) is 1. The number of nitrogens with zero attached hydrogens (tertiary/aromatic N) is 2. The van der Waals surface area contributed by atoms with Crippen molar-refractivity contribution >= 4 is 12.6 Å². The number of thiol groups is 1. The summed E-state index contributed by atoms with van der Waals surface area (Å²) in [4.78, 5) is 5.11. The molecule has 0 bridgehead atoms. The minimum Gasteiger partial charge on any atom is -0.298 e. The third-order valence-corrected chi connectivity index (χ3v) is 3.52. The van der Waals surface area contributed by atoms with Gasteiger partial charge < -0.3 is 0 Å². The van der Waals surface area contributed by atoms with Gasteiger partial charge in [-0.3, -0.25) is 9.80 Å². The van der Waals surface area contributed by atoms with Crippen LogP contribution in [0.15, 0.2) is 0 Å². The summed E-state index contributed by atoms with van der Waals surface area (Å²) >= 11 is 4.33. The van der Waals surface area contributed by atoms with Gasteiger partial charge in [-0.25, -0.2) is 0 Å². The number of piperazine rings is 1. The van der Waals surface area contributed by atoms with Crippen molar-refractivity contribution < 1.29 is 0 Å². The third-order valence-electron chi connectivity index (χ3n) is 3.12. The monoisotopic (exact) mass is 186 g/mol. The summed E-state index contributed by atoms with van der Waals surface area (Å²) in [5.41, 5.74) is 0. The van der Waals surface area contributed by atoms with E-state index in [0.29, 0.717) is 0 Å². The van der Waals surface area contributed by atoms with Crippen molar-refractivity contribution in [1.82, 2.24) is 9.80 Å². The van der Waals surface area contributed by atoms with Crippen molar-refractivity contribution in [3.05, 3.63) is 0 Å². The molecule has 0 aromatic heterocycles. The second-order valence-corrected chi connectivity index (χ2v) is 4.19. The predicted molar refractivity (Wildman–Crippen MR) is 54.6 cm³/mol. The molecule has 1 unspecified atom stereocenters. The average molecular weight is 186 g/mol. The van der Waals surface area contributed by atoms with E-state index in [-0.39, 0.29) is 0 Å². The van der Waals surface area contributed by atoms with Gasteiger partial charge in [-0.2, -0.15) is 12.6 Å². The predicted octanol–water partition coefficient (Wildman–Crippen LogP) is 1.04. The SMILES string of the molecule is SCN1CCN2CCCCC2C1. The molecular formula is C9H18N2S. The highest BCUT2D eigenvalue weighted by Gasteiger charge is 2.27. The Morgan fingerprint density at radius 3 is 2.92 bits per heavy atom. The highest BCUT2D eigenvalue weighted by Crippen LogP contribution is 2.20. The van der Waals surface area contributed by atoms with E-state index in [0.717, 1.165) is 11.9 Å². The Hall–Kier alpha value is 0.270. The van der Waals surface area contributed by atoms with E-state index < -0.39 is 0 Å². The van der Waals surface area contributed by atoms with Crippen molar-refractivity contribution in [2.45, 2.75) is 25.3 Å². The lowest BCUT2D eigenvalue weighted by molar-refractivity contribution is 0.0595. The van der Waals surface area contributed by atoms with Crippen molar-refractivity contribution in [2.24, 2.45) is 0 Å². The molecule has 0 radical (unpaired) electrons. The Kier molecular flexibility index (Phi) is 2.94. The molecule has 0 aliphatic carbocycles. The van der Waals surface area contributed by atoms with Gasteiger partial charge in [-0.05, 0) is 19.4 Å². The van der Waals surface area contributed by atoms with Crippen molar-refractivity contribution in [3.8, 4) is 0 Å². The zero-order valence-electron chi connectivity index (χ0n) is 7.58.